The fourth-order valence-corrected chi connectivity index (χ4v) is 5.47. The number of nitrogens with one attached hydrogen (secondary N) is 1. The molecule has 1 atom stereocenters. The number of rotatable bonds is 7. The Morgan fingerprint density at radius 2 is 2.04 bits per heavy atom. The molecule has 1 aromatic heterocycles. The van der Waals surface area contributed by atoms with Gasteiger partial charge in [0.05, 0.1) is 11.5 Å². The second kappa shape index (κ2) is 7.23. The Bertz CT molecular complexity index is 696. The zero-order chi connectivity index (χ0) is 17.2. The standard InChI is InChI=1S/C16H22N2O4S2/c19-15(2-1-7-17-16(20)12-5-8-23-10-12)18(13-3-4-13)14-6-9-24(21,22)11-14/h5,8,10,13-14H,1-4,6-7,9,11H2,(H,17,20). The molecule has 1 saturated heterocycles. The third kappa shape index (κ3) is 4.36. The largest absolute Gasteiger partial charge is 0.352 e. The van der Waals surface area contributed by atoms with E-state index in [2.05, 4.69) is 5.32 Å². The number of carbonyl (C=O) groups excluding carboxylic acids is 2. The summed E-state index contributed by atoms with van der Waals surface area (Å²) in [5, 5.41) is 6.44. The summed E-state index contributed by atoms with van der Waals surface area (Å²) in [4.78, 5) is 26.1. The molecule has 1 unspecified atom stereocenters. The minimum absolute atomic E-state index is 0.0179. The Kier molecular flexibility index (Phi) is 5.24. The summed E-state index contributed by atoms with van der Waals surface area (Å²) in [7, 11) is -2.99. The first-order valence-electron chi connectivity index (χ1n) is 8.28. The number of hydrogen-bond acceptors (Lipinski definition) is 5. The van der Waals surface area contributed by atoms with Gasteiger partial charge in [-0.3, -0.25) is 9.59 Å². The van der Waals surface area contributed by atoms with Gasteiger partial charge in [-0.15, -0.1) is 0 Å². The van der Waals surface area contributed by atoms with E-state index in [0.29, 0.717) is 31.4 Å². The van der Waals surface area contributed by atoms with Gasteiger partial charge in [0.15, 0.2) is 9.84 Å². The minimum atomic E-state index is -2.99. The van der Waals surface area contributed by atoms with Crippen molar-refractivity contribution >= 4 is 33.0 Å². The van der Waals surface area contributed by atoms with Crippen LogP contribution in [0.15, 0.2) is 16.8 Å². The number of hydrogen-bond donors (Lipinski definition) is 1. The molecule has 2 fully saturated rings. The molecule has 1 saturated carbocycles. The van der Waals surface area contributed by atoms with E-state index in [4.69, 9.17) is 0 Å². The van der Waals surface area contributed by atoms with E-state index < -0.39 is 9.84 Å². The number of nitrogens with zero attached hydrogens (tertiary/aromatic N) is 1. The lowest BCUT2D eigenvalue weighted by Crippen LogP contribution is -2.43. The molecular formula is C16H22N2O4S2. The van der Waals surface area contributed by atoms with Gasteiger partial charge in [-0.25, -0.2) is 8.42 Å². The average Bonchev–Trinajstić information content (AvgIpc) is 3.07. The number of carbonyl (C=O) groups is 2. The van der Waals surface area contributed by atoms with E-state index in [1.54, 1.807) is 11.4 Å². The highest BCUT2D eigenvalue weighted by Gasteiger charge is 2.41. The first-order chi connectivity index (χ1) is 11.5. The van der Waals surface area contributed by atoms with Gasteiger partial charge in [-0.05, 0) is 37.1 Å². The van der Waals surface area contributed by atoms with E-state index in [0.717, 1.165) is 12.8 Å². The Balaban J connectivity index is 1.45. The zero-order valence-electron chi connectivity index (χ0n) is 13.4. The summed E-state index contributed by atoms with van der Waals surface area (Å²) in [6.07, 6.45) is 3.40. The predicted octanol–water partition coefficient (Wildman–Crippen LogP) is 1.44. The summed E-state index contributed by atoms with van der Waals surface area (Å²) in [5.74, 6) is 0.184. The van der Waals surface area contributed by atoms with Crippen molar-refractivity contribution in [3.8, 4) is 0 Å². The molecule has 1 aliphatic heterocycles. The Morgan fingerprint density at radius 3 is 2.62 bits per heavy atom. The van der Waals surface area contributed by atoms with Gasteiger partial charge in [-0.1, -0.05) is 0 Å². The van der Waals surface area contributed by atoms with Crippen LogP contribution >= 0.6 is 11.3 Å². The first kappa shape index (κ1) is 17.4. The molecule has 0 radical (unpaired) electrons. The van der Waals surface area contributed by atoms with Crippen LogP contribution in [0, 0.1) is 0 Å². The predicted molar refractivity (Wildman–Crippen MR) is 92.8 cm³/mol. The maximum Gasteiger partial charge on any atom is 0.252 e. The molecule has 2 heterocycles. The van der Waals surface area contributed by atoms with Crippen LogP contribution in [0.1, 0.15) is 42.5 Å². The second-order valence-electron chi connectivity index (χ2n) is 6.46. The summed E-state index contributed by atoms with van der Waals surface area (Å²) in [5.41, 5.74) is 0.641. The zero-order valence-corrected chi connectivity index (χ0v) is 15.1. The third-order valence-corrected chi connectivity index (χ3v) is 6.90. The molecule has 2 aliphatic rings. The van der Waals surface area contributed by atoms with Crippen LogP contribution in [0.2, 0.25) is 0 Å². The Labute approximate surface area is 146 Å². The lowest BCUT2D eigenvalue weighted by molar-refractivity contribution is -0.133. The highest BCUT2D eigenvalue weighted by Crippen LogP contribution is 2.32. The SMILES string of the molecule is O=C(NCCCC(=O)N(C1CC1)C1CCS(=O)(=O)C1)c1ccsc1. The second-order valence-corrected chi connectivity index (χ2v) is 9.47. The maximum atomic E-state index is 12.5. The quantitative estimate of drug-likeness (QED) is 0.736. The van der Waals surface area contributed by atoms with Crippen molar-refractivity contribution in [1.29, 1.82) is 0 Å². The van der Waals surface area contributed by atoms with Crippen molar-refractivity contribution in [2.45, 2.75) is 44.2 Å². The van der Waals surface area contributed by atoms with Crippen LogP contribution in [0.4, 0.5) is 0 Å². The van der Waals surface area contributed by atoms with Crippen LogP contribution in [-0.2, 0) is 14.6 Å². The lowest BCUT2D eigenvalue weighted by atomic mass is 10.1. The average molecular weight is 370 g/mol. The van der Waals surface area contributed by atoms with E-state index in [-0.39, 0.29) is 35.4 Å². The molecule has 132 valence electrons. The molecule has 8 heteroatoms. The summed E-state index contributed by atoms with van der Waals surface area (Å²) in [6, 6.07) is 1.83. The Hall–Kier alpha value is -1.41. The third-order valence-electron chi connectivity index (χ3n) is 4.47. The van der Waals surface area contributed by atoms with Crippen LogP contribution in [0.3, 0.4) is 0 Å². The summed E-state index contributed by atoms with van der Waals surface area (Å²) >= 11 is 1.47. The topological polar surface area (TPSA) is 83.6 Å². The van der Waals surface area contributed by atoms with Gasteiger partial charge in [-0.2, -0.15) is 11.3 Å². The molecule has 0 aromatic carbocycles. The molecule has 2 amide bonds. The molecule has 1 aliphatic carbocycles. The fourth-order valence-electron chi connectivity index (χ4n) is 3.12. The monoisotopic (exact) mass is 370 g/mol. The van der Waals surface area contributed by atoms with E-state index in [1.165, 1.54) is 11.3 Å². The molecule has 0 bridgehead atoms. The minimum Gasteiger partial charge on any atom is -0.352 e. The number of sulfone groups is 1. The van der Waals surface area contributed by atoms with Crippen LogP contribution in [-0.4, -0.2) is 55.3 Å². The highest BCUT2D eigenvalue weighted by molar-refractivity contribution is 7.91. The lowest BCUT2D eigenvalue weighted by Gasteiger charge is -2.28. The summed E-state index contributed by atoms with van der Waals surface area (Å²) in [6.45, 7) is 0.446. The molecular weight excluding hydrogens is 348 g/mol. The van der Waals surface area contributed by atoms with Crippen molar-refractivity contribution < 1.29 is 18.0 Å². The van der Waals surface area contributed by atoms with Crippen LogP contribution in [0.25, 0.3) is 0 Å². The van der Waals surface area contributed by atoms with Crippen LogP contribution in [0.5, 0.6) is 0 Å². The van der Waals surface area contributed by atoms with Crippen molar-refractivity contribution in [3.63, 3.8) is 0 Å². The van der Waals surface area contributed by atoms with Crippen LogP contribution < -0.4 is 5.32 Å². The molecule has 1 N–H and O–H groups in total. The molecule has 6 nitrogen and oxygen atoms in total. The van der Waals surface area contributed by atoms with Gasteiger partial charge < -0.3 is 10.2 Å². The molecule has 0 spiro atoms. The number of amides is 2. The van der Waals surface area contributed by atoms with Gasteiger partial charge >= 0.3 is 0 Å². The van der Waals surface area contributed by atoms with Gasteiger partial charge in [0.25, 0.3) is 5.91 Å². The van der Waals surface area contributed by atoms with E-state index in [9.17, 15) is 18.0 Å². The first-order valence-corrected chi connectivity index (χ1v) is 11.0. The number of thiophene rings is 1. The molecule has 24 heavy (non-hydrogen) atoms. The van der Waals surface area contributed by atoms with Crippen molar-refractivity contribution in [1.82, 2.24) is 10.2 Å². The molecule has 1 aromatic rings. The maximum absolute atomic E-state index is 12.5. The van der Waals surface area contributed by atoms with Gasteiger partial charge in [0.1, 0.15) is 0 Å². The summed E-state index contributed by atoms with van der Waals surface area (Å²) < 4.78 is 23.3. The van der Waals surface area contributed by atoms with E-state index in [1.807, 2.05) is 10.3 Å². The van der Waals surface area contributed by atoms with Crippen molar-refractivity contribution in [3.05, 3.63) is 22.4 Å². The smallest absolute Gasteiger partial charge is 0.252 e. The fraction of sp³-hybridized carbons (Fsp3) is 0.625. The highest BCUT2D eigenvalue weighted by atomic mass is 32.2. The Morgan fingerprint density at radius 1 is 1.25 bits per heavy atom. The normalized spacial score (nSPS) is 22.2. The van der Waals surface area contributed by atoms with E-state index >= 15 is 0 Å². The van der Waals surface area contributed by atoms with Crippen molar-refractivity contribution in [2.75, 3.05) is 18.1 Å². The van der Waals surface area contributed by atoms with Gasteiger partial charge in [0.2, 0.25) is 5.91 Å². The van der Waals surface area contributed by atoms with Gasteiger partial charge in [0, 0.05) is 36.0 Å². The van der Waals surface area contributed by atoms with Crippen molar-refractivity contribution in [2.24, 2.45) is 0 Å². The molecule has 3 rings (SSSR count).